The zero-order valence-corrected chi connectivity index (χ0v) is 17.6. The minimum atomic E-state index is -0.620. The number of nitrogens with zero attached hydrogens (tertiary/aromatic N) is 1. The molecule has 0 aliphatic rings. The van der Waals surface area contributed by atoms with Gasteiger partial charge in [-0.2, -0.15) is 0 Å². The number of rotatable bonds is 8. The van der Waals surface area contributed by atoms with E-state index < -0.39 is 12.0 Å². The second-order valence-electron chi connectivity index (χ2n) is 7.27. The number of ketones is 1. The highest BCUT2D eigenvalue weighted by molar-refractivity contribution is 6.00. The second kappa shape index (κ2) is 9.75. The average Bonchev–Trinajstić information content (AvgIpc) is 3.05. The van der Waals surface area contributed by atoms with Crippen molar-refractivity contribution in [2.24, 2.45) is 5.73 Å². The van der Waals surface area contributed by atoms with Gasteiger partial charge in [0.25, 0.3) is 0 Å². The first-order chi connectivity index (χ1) is 14.8. The normalized spacial score (nSPS) is 10.5. The number of aryl methyl sites for hydroxylation is 1. The predicted molar refractivity (Wildman–Crippen MR) is 117 cm³/mol. The Balaban J connectivity index is 1.61. The summed E-state index contributed by atoms with van der Waals surface area (Å²) >= 11 is 0. The van der Waals surface area contributed by atoms with Gasteiger partial charge in [0.05, 0.1) is 5.56 Å². The Morgan fingerprint density at radius 3 is 2.29 bits per heavy atom. The van der Waals surface area contributed by atoms with E-state index in [0.29, 0.717) is 17.7 Å². The van der Waals surface area contributed by atoms with Crippen LogP contribution in [-0.4, -0.2) is 29.0 Å². The van der Waals surface area contributed by atoms with Crippen LogP contribution >= 0.6 is 0 Å². The van der Waals surface area contributed by atoms with Gasteiger partial charge in [-0.3, -0.25) is 4.79 Å². The molecule has 0 spiro atoms. The number of primary amides is 1. The molecule has 31 heavy (non-hydrogen) atoms. The van der Waals surface area contributed by atoms with Crippen molar-refractivity contribution in [3.63, 3.8) is 0 Å². The third kappa shape index (κ3) is 5.60. The summed E-state index contributed by atoms with van der Waals surface area (Å²) < 4.78 is 7.29. The van der Waals surface area contributed by atoms with Gasteiger partial charge in [0, 0.05) is 30.0 Å². The number of hydrogen-bond acceptors (Lipinski definition) is 4. The number of carbonyl (C=O) groups is 3. The molecule has 0 saturated carbocycles. The molecule has 0 atom stereocenters. The molecule has 3 rings (SSSR count). The van der Waals surface area contributed by atoms with Crippen LogP contribution in [0, 0.1) is 13.8 Å². The monoisotopic (exact) mass is 419 g/mol. The Morgan fingerprint density at radius 2 is 1.65 bits per heavy atom. The molecule has 1 heterocycles. The Bertz CT molecular complexity index is 1090. The molecule has 0 saturated heterocycles. The lowest BCUT2D eigenvalue weighted by atomic mass is 10.1. The fraction of sp³-hybridized carbons (Fsp3) is 0.208. The van der Waals surface area contributed by atoms with E-state index in [1.165, 1.54) is 0 Å². The topological polar surface area (TPSA) is 103 Å². The Labute approximate surface area is 180 Å². The predicted octanol–water partition coefficient (Wildman–Crippen LogP) is 3.36. The van der Waals surface area contributed by atoms with Crippen LogP contribution in [0.15, 0.2) is 60.7 Å². The molecule has 7 nitrogen and oxygen atoms in total. The number of carbonyl (C=O) groups excluding carboxylic acids is 3. The number of aromatic nitrogens is 1. The van der Waals surface area contributed by atoms with Crippen LogP contribution in [0.3, 0.4) is 0 Å². The van der Waals surface area contributed by atoms with Gasteiger partial charge in [-0.15, -0.1) is 0 Å². The van der Waals surface area contributed by atoms with E-state index in [1.54, 1.807) is 24.3 Å². The highest BCUT2D eigenvalue weighted by Crippen LogP contribution is 2.18. The maximum atomic E-state index is 12.7. The standard InChI is InChI=1S/C24H25N3O4/c1-16-12-21(17(2)27(16)14-19-6-4-3-5-7-19)22(28)15-31-23(29)20-10-8-18(9-11-20)13-26-24(25)30/h3-12H,13-15H2,1-2H3,(H3,25,26,30). The molecule has 0 aliphatic carbocycles. The van der Waals surface area contributed by atoms with Gasteiger partial charge in [0.1, 0.15) is 0 Å². The molecule has 0 fully saturated rings. The lowest BCUT2D eigenvalue weighted by Crippen LogP contribution is -2.28. The van der Waals surface area contributed by atoms with Gasteiger partial charge < -0.3 is 20.4 Å². The molecule has 0 unspecified atom stereocenters. The average molecular weight is 419 g/mol. The summed E-state index contributed by atoms with van der Waals surface area (Å²) in [5.74, 6) is -0.830. The number of amides is 2. The van der Waals surface area contributed by atoms with Crippen molar-refractivity contribution in [3.05, 3.63) is 94.3 Å². The third-order valence-corrected chi connectivity index (χ3v) is 5.05. The van der Waals surface area contributed by atoms with Crippen LogP contribution in [0.1, 0.15) is 43.2 Å². The molecule has 0 aliphatic heterocycles. The number of benzene rings is 2. The summed E-state index contributed by atoms with van der Waals surface area (Å²) in [5, 5.41) is 2.47. The van der Waals surface area contributed by atoms with E-state index in [0.717, 1.165) is 22.5 Å². The zero-order chi connectivity index (χ0) is 22.4. The quantitative estimate of drug-likeness (QED) is 0.432. The van der Waals surface area contributed by atoms with Gasteiger partial charge >= 0.3 is 12.0 Å². The van der Waals surface area contributed by atoms with Crippen LogP contribution < -0.4 is 11.1 Å². The fourth-order valence-electron chi connectivity index (χ4n) is 3.33. The van der Waals surface area contributed by atoms with Crippen LogP contribution in [0.4, 0.5) is 4.79 Å². The molecule has 3 aromatic rings. The molecule has 160 valence electrons. The number of ether oxygens (including phenoxy) is 1. The number of esters is 1. The molecule has 2 aromatic carbocycles. The Morgan fingerprint density at radius 1 is 0.968 bits per heavy atom. The van der Waals surface area contributed by atoms with Gasteiger partial charge in [-0.1, -0.05) is 42.5 Å². The zero-order valence-electron chi connectivity index (χ0n) is 17.6. The third-order valence-electron chi connectivity index (χ3n) is 5.05. The number of urea groups is 1. The number of nitrogens with one attached hydrogen (secondary N) is 1. The van der Waals surface area contributed by atoms with Gasteiger partial charge in [0.2, 0.25) is 5.78 Å². The summed E-state index contributed by atoms with van der Waals surface area (Å²) in [6.07, 6.45) is 0. The van der Waals surface area contributed by atoms with Crippen LogP contribution in [-0.2, 0) is 17.8 Å². The molecule has 1 aromatic heterocycles. The summed E-state index contributed by atoms with van der Waals surface area (Å²) in [6.45, 7) is 4.45. The SMILES string of the molecule is Cc1cc(C(=O)COC(=O)c2ccc(CNC(N)=O)cc2)c(C)n1Cc1ccccc1. The van der Waals surface area contributed by atoms with E-state index in [1.807, 2.05) is 50.2 Å². The lowest BCUT2D eigenvalue weighted by molar-refractivity contribution is 0.0474. The molecular formula is C24H25N3O4. The van der Waals surface area contributed by atoms with E-state index in [4.69, 9.17) is 10.5 Å². The summed E-state index contributed by atoms with van der Waals surface area (Å²) in [6, 6.07) is 17.7. The van der Waals surface area contributed by atoms with E-state index in [9.17, 15) is 14.4 Å². The smallest absolute Gasteiger partial charge is 0.338 e. The first-order valence-electron chi connectivity index (χ1n) is 9.88. The number of Topliss-reactive ketones (excluding diaryl/α,β-unsaturated/α-hetero) is 1. The highest BCUT2D eigenvalue weighted by Gasteiger charge is 2.18. The van der Waals surface area contributed by atoms with Crippen molar-refractivity contribution in [3.8, 4) is 0 Å². The summed E-state index contributed by atoms with van der Waals surface area (Å²) in [7, 11) is 0. The fourth-order valence-corrected chi connectivity index (χ4v) is 3.33. The van der Waals surface area contributed by atoms with Crippen molar-refractivity contribution >= 4 is 17.8 Å². The number of hydrogen-bond donors (Lipinski definition) is 2. The summed E-state index contributed by atoms with van der Waals surface area (Å²) in [5.41, 5.74) is 9.65. The van der Waals surface area contributed by atoms with E-state index in [2.05, 4.69) is 9.88 Å². The molecule has 3 N–H and O–H groups in total. The molecule has 0 radical (unpaired) electrons. The Kier molecular flexibility index (Phi) is 6.87. The van der Waals surface area contributed by atoms with E-state index >= 15 is 0 Å². The van der Waals surface area contributed by atoms with Crippen molar-refractivity contribution in [1.29, 1.82) is 0 Å². The second-order valence-corrected chi connectivity index (χ2v) is 7.27. The largest absolute Gasteiger partial charge is 0.454 e. The molecule has 0 bridgehead atoms. The number of nitrogens with two attached hydrogens (primary N) is 1. The maximum absolute atomic E-state index is 12.7. The lowest BCUT2D eigenvalue weighted by Gasteiger charge is -2.10. The van der Waals surface area contributed by atoms with Gasteiger partial charge in [-0.05, 0) is 43.2 Å². The first-order valence-corrected chi connectivity index (χ1v) is 9.88. The molecule has 7 heteroatoms. The highest BCUT2D eigenvalue weighted by atomic mass is 16.5. The molecule has 2 amide bonds. The van der Waals surface area contributed by atoms with Crippen molar-refractivity contribution < 1.29 is 19.1 Å². The maximum Gasteiger partial charge on any atom is 0.338 e. The first kappa shape index (κ1) is 21.8. The van der Waals surface area contributed by atoms with Crippen LogP contribution in [0.2, 0.25) is 0 Å². The van der Waals surface area contributed by atoms with Crippen LogP contribution in [0.5, 0.6) is 0 Å². The summed E-state index contributed by atoms with van der Waals surface area (Å²) in [4.78, 5) is 35.7. The van der Waals surface area contributed by atoms with Crippen molar-refractivity contribution in [2.75, 3.05) is 6.61 Å². The van der Waals surface area contributed by atoms with E-state index in [-0.39, 0.29) is 18.9 Å². The van der Waals surface area contributed by atoms with Gasteiger partial charge in [-0.25, -0.2) is 9.59 Å². The minimum absolute atomic E-state index is 0.247. The minimum Gasteiger partial charge on any atom is -0.454 e. The van der Waals surface area contributed by atoms with Crippen molar-refractivity contribution in [2.45, 2.75) is 26.9 Å². The van der Waals surface area contributed by atoms with Crippen molar-refractivity contribution in [1.82, 2.24) is 9.88 Å². The molecular weight excluding hydrogens is 394 g/mol. The van der Waals surface area contributed by atoms with Gasteiger partial charge in [0.15, 0.2) is 6.61 Å². The van der Waals surface area contributed by atoms with Crippen LogP contribution in [0.25, 0.3) is 0 Å². The Hall–Kier alpha value is -3.87.